The predicted octanol–water partition coefficient (Wildman–Crippen LogP) is 3.74. The van der Waals surface area contributed by atoms with Crippen LogP contribution in [0.15, 0.2) is 24.3 Å². The van der Waals surface area contributed by atoms with Gasteiger partial charge in [0, 0.05) is 12.1 Å². The van der Waals surface area contributed by atoms with Crippen LogP contribution in [-0.2, 0) is 25.7 Å². The fourth-order valence-electron chi connectivity index (χ4n) is 7.05. The summed E-state index contributed by atoms with van der Waals surface area (Å²) in [5, 5.41) is 8.91. The van der Waals surface area contributed by atoms with Crippen molar-refractivity contribution in [1.29, 1.82) is 0 Å². The van der Waals surface area contributed by atoms with Gasteiger partial charge in [-0.1, -0.05) is 66.0 Å². The van der Waals surface area contributed by atoms with Crippen molar-refractivity contribution >= 4 is 23.8 Å². The number of amides is 5. The third-order valence-corrected chi connectivity index (χ3v) is 10.0. The van der Waals surface area contributed by atoms with Crippen molar-refractivity contribution in [2.75, 3.05) is 13.7 Å². The molecule has 1 aromatic rings. The number of urea groups is 1. The Morgan fingerprint density at radius 1 is 1.02 bits per heavy atom. The number of nitrogens with two attached hydrogens (primary N) is 1. The summed E-state index contributed by atoms with van der Waals surface area (Å²) >= 11 is 0. The van der Waals surface area contributed by atoms with E-state index in [1.165, 1.54) is 0 Å². The average molecular weight is 642 g/mol. The summed E-state index contributed by atoms with van der Waals surface area (Å²) in [5.41, 5.74) is 5.51. The number of nitrogens with zero attached hydrogens (tertiary/aromatic N) is 1. The van der Waals surface area contributed by atoms with E-state index in [2.05, 4.69) is 29.8 Å². The summed E-state index contributed by atoms with van der Waals surface area (Å²) in [6.45, 7) is 16.1. The van der Waals surface area contributed by atoms with Crippen LogP contribution in [0.4, 0.5) is 4.79 Å². The molecule has 11 heteroatoms. The van der Waals surface area contributed by atoms with Crippen LogP contribution in [0.5, 0.6) is 5.75 Å². The lowest BCUT2D eigenvalue weighted by atomic mass is 9.79. The standard InChI is InChI=1S/C35H55N5O6/c1-33(2,3)28(38-32(44)39-34(4,5)6)31(43)40-18-23-25(35(23,7)8)26(40)30(42)37-24(17-20-11-10-12-20)27(29(36)41)46-19-21-13-15-22(45-9)16-14-21/h13-16,20,23-28H,10-12,17-19H2,1-9H3,(H2,36,41)(H,37,42)(H2,38,39,44)/t23-,24?,25-,26-,27?,28+/m0/s1. The maximum absolute atomic E-state index is 14.3. The zero-order valence-corrected chi connectivity index (χ0v) is 29.1. The van der Waals surface area contributed by atoms with E-state index in [-0.39, 0.29) is 35.7 Å². The Hall–Kier alpha value is -3.34. The zero-order chi connectivity index (χ0) is 34.2. The summed E-state index contributed by atoms with van der Waals surface area (Å²) in [4.78, 5) is 55.9. The van der Waals surface area contributed by atoms with Gasteiger partial charge in [0.15, 0.2) is 6.10 Å². The van der Waals surface area contributed by atoms with E-state index >= 15 is 0 Å². The highest BCUT2D eigenvalue weighted by atomic mass is 16.5. The molecule has 0 radical (unpaired) electrons. The number of rotatable bonds is 12. The molecule has 11 nitrogen and oxygen atoms in total. The predicted molar refractivity (Wildman–Crippen MR) is 176 cm³/mol. The zero-order valence-electron chi connectivity index (χ0n) is 29.1. The second kappa shape index (κ2) is 13.4. The lowest BCUT2D eigenvalue weighted by Gasteiger charge is -2.39. The van der Waals surface area contributed by atoms with Gasteiger partial charge in [-0.3, -0.25) is 14.4 Å². The first kappa shape index (κ1) is 35.5. The number of carbonyl (C=O) groups excluding carboxylic acids is 4. The molecule has 5 amide bonds. The number of hydrogen-bond acceptors (Lipinski definition) is 6. The summed E-state index contributed by atoms with van der Waals surface area (Å²) in [5.74, 6) is -0.0973. The molecule has 6 atom stereocenters. The normalized spacial score (nSPS) is 24.1. The molecule has 2 unspecified atom stereocenters. The summed E-state index contributed by atoms with van der Waals surface area (Å²) in [7, 11) is 1.59. The highest BCUT2D eigenvalue weighted by molar-refractivity contribution is 5.94. The van der Waals surface area contributed by atoms with Gasteiger partial charge in [0.25, 0.3) is 0 Å². The maximum atomic E-state index is 14.3. The van der Waals surface area contributed by atoms with E-state index in [9.17, 15) is 19.2 Å². The number of primary amides is 1. The van der Waals surface area contributed by atoms with Gasteiger partial charge in [0.05, 0.1) is 19.8 Å². The molecule has 3 fully saturated rings. The van der Waals surface area contributed by atoms with Crippen molar-refractivity contribution in [3.8, 4) is 5.75 Å². The van der Waals surface area contributed by atoms with E-state index in [4.69, 9.17) is 15.2 Å². The lowest BCUT2D eigenvalue weighted by Crippen LogP contribution is -2.62. The topological polar surface area (TPSA) is 152 Å². The van der Waals surface area contributed by atoms with Crippen molar-refractivity contribution in [2.24, 2.45) is 34.3 Å². The van der Waals surface area contributed by atoms with Gasteiger partial charge in [-0.05, 0) is 73.5 Å². The largest absolute Gasteiger partial charge is 0.497 e. The van der Waals surface area contributed by atoms with Crippen molar-refractivity contribution in [1.82, 2.24) is 20.9 Å². The number of methoxy groups -OCH3 is 1. The highest BCUT2D eigenvalue weighted by Crippen LogP contribution is 2.65. The summed E-state index contributed by atoms with van der Waals surface area (Å²) in [6.07, 6.45) is 2.63. The Morgan fingerprint density at radius 2 is 1.65 bits per heavy atom. The maximum Gasteiger partial charge on any atom is 0.315 e. The second-order valence-electron chi connectivity index (χ2n) is 16.2. The first-order chi connectivity index (χ1) is 21.3. The number of piperidine rings is 1. The van der Waals surface area contributed by atoms with Crippen LogP contribution in [0.1, 0.15) is 86.6 Å². The highest BCUT2D eigenvalue weighted by Gasteiger charge is 2.70. The number of likely N-dealkylation sites (tertiary alicyclic amines) is 1. The van der Waals surface area contributed by atoms with Crippen LogP contribution in [0.25, 0.3) is 0 Å². The van der Waals surface area contributed by atoms with E-state index < -0.39 is 47.1 Å². The number of benzene rings is 1. The smallest absolute Gasteiger partial charge is 0.315 e. The third-order valence-electron chi connectivity index (χ3n) is 10.0. The fourth-order valence-corrected chi connectivity index (χ4v) is 7.05. The van der Waals surface area contributed by atoms with Gasteiger partial charge < -0.3 is 36.1 Å². The van der Waals surface area contributed by atoms with Crippen molar-refractivity contribution in [2.45, 2.75) is 117 Å². The fraction of sp³-hybridized carbons (Fsp3) is 0.714. The quantitative estimate of drug-likeness (QED) is 0.273. The third kappa shape index (κ3) is 8.14. The number of nitrogens with one attached hydrogen (secondary N) is 3. The van der Waals surface area contributed by atoms with Crippen LogP contribution < -0.4 is 26.4 Å². The Kier molecular flexibility index (Phi) is 10.4. The van der Waals surface area contributed by atoms with Crippen LogP contribution in [0.3, 0.4) is 0 Å². The molecule has 1 aromatic carbocycles. The molecule has 2 aliphatic carbocycles. The van der Waals surface area contributed by atoms with Crippen LogP contribution in [-0.4, -0.2) is 72.1 Å². The SMILES string of the molecule is COc1ccc(COC(C(N)=O)C(CC2CCC2)NC(=O)[C@@H]2[C@@H]3[C@H](CN2C(=O)[C@@H](NC(=O)NC(C)(C)C)C(C)(C)C)C3(C)C)cc1. The molecule has 3 aliphatic rings. The Bertz CT molecular complexity index is 1280. The monoisotopic (exact) mass is 641 g/mol. The molecule has 0 aromatic heterocycles. The first-order valence-corrected chi connectivity index (χ1v) is 16.6. The average Bonchev–Trinajstić information content (AvgIpc) is 3.24. The van der Waals surface area contributed by atoms with Crippen LogP contribution in [0, 0.1) is 28.6 Å². The summed E-state index contributed by atoms with van der Waals surface area (Å²) in [6, 6.07) is 4.65. The van der Waals surface area contributed by atoms with Gasteiger partial charge in [-0.2, -0.15) is 0 Å². The molecule has 5 N–H and O–H groups in total. The first-order valence-electron chi connectivity index (χ1n) is 16.6. The molecule has 1 aliphatic heterocycles. The molecule has 46 heavy (non-hydrogen) atoms. The Morgan fingerprint density at radius 3 is 2.15 bits per heavy atom. The van der Waals surface area contributed by atoms with Crippen LogP contribution >= 0.6 is 0 Å². The van der Waals surface area contributed by atoms with Crippen molar-refractivity contribution in [3.63, 3.8) is 0 Å². The van der Waals surface area contributed by atoms with Gasteiger partial charge >= 0.3 is 6.03 Å². The van der Waals surface area contributed by atoms with Crippen molar-refractivity contribution in [3.05, 3.63) is 29.8 Å². The van der Waals surface area contributed by atoms with Crippen LogP contribution in [0.2, 0.25) is 0 Å². The van der Waals surface area contributed by atoms with Gasteiger partial charge in [-0.25, -0.2) is 4.79 Å². The minimum atomic E-state index is -1.05. The van der Waals surface area contributed by atoms with Gasteiger partial charge in [-0.15, -0.1) is 0 Å². The minimum Gasteiger partial charge on any atom is -0.497 e. The number of hydrogen-bond donors (Lipinski definition) is 4. The van der Waals surface area contributed by atoms with E-state index in [1.807, 2.05) is 65.8 Å². The molecular formula is C35H55N5O6. The molecular weight excluding hydrogens is 586 g/mol. The number of carbonyl (C=O) groups is 4. The number of fused-ring (bicyclic) bond motifs is 1. The molecule has 256 valence electrons. The van der Waals surface area contributed by atoms with Gasteiger partial charge in [0.1, 0.15) is 17.8 Å². The van der Waals surface area contributed by atoms with E-state index in [0.717, 1.165) is 24.8 Å². The van der Waals surface area contributed by atoms with E-state index in [1.54, 1.807) is 12.0 Å². The molecule has 4 rings (SSSR count). The summed E-state index contributed by atoms with van der Waals surface area (Å²) < 4.78 is 11.3. The van der Waals surface area contributed by atoms with E-state index in [0.29, 0.717) is 24.6 Å². The Balaban J connectivity index is 1.56. The number of ether oxygens (including phenoxy) is 2. The molecule has 0 bridgehead atoms. The molecule has 1 saturated heterocycles. The minimum absolute atomic E-state index is 0.0444. The lowest BCUT2D eigenvalue weighted by molar-refractivity contribution is -0.145. The Labute approximate surface area is 274 Å². The molecule has 1 heterocycles. The second-order valence-corrected chi connectivity index (χ2v) is 16.2. The van der Waals surface area contributed by atoms with Crippen molar-refractivity contribution < 1.29 is 28.7 Å². The molecule has 0 spiro atoms. The molecule has 2 saturated carbocycles. The van der Waals surface area contributed by atoms with Gasteiger partial charge in [0.2, 0.25) is 17.7 Å².